The number of benzene rings is 3. The average Bonchev–Trinajstić information content (AvgIpc) is 2.74. The number of aryl methyl sites for hydroxylation is 3. The van der Waals surface area contributed by atoms with E-state index in [1.165, 1.54) is 5.56 Å². The molecule has 6 heteroatoms. The molecule has 0 aliphatic heterocycles. The Labute approximate surface area is 184 Å². The van der Waals surface area contributed by atoms with E-state index in [0.29, 0.717) is 11.3 Å². The van der Waals surface area contributed by atoms with Crippen LogP contribution in [0.2, 0.25) is 0 Å². The van der Waals surface area contributed by atoms with Gasteiger partial charge < -0.3 is 5.32 Å². The molecule has 31 heavy (non-hydrogen) atoms. The number of nitrogens with one attached hydrogen (secondary N) is 2. The topological polar surface area (TPSA) is 75.3 Å². The summed E-state index contributed by atoms with van der Waals surface area (Å²) in [6.07, 6.45) is 1.69. The van der Waals surface area contributed by atoms with Crippen LogP contribution in [0, 0.1) is 13.8 Å². The first kappa shape index (κ1) is 22.6. The summed E-state index contributed by atoms with van der Waals surface area (Å²) in [5, 5.41) is 3.00. The fourth-order valence-corrected chi connectivity index (χ4v) is 4.32. The highest BCUT2D eigenvalue weighted by molar-refractivity contribution is 7.92. The number of hydrogen-bond acceptors (Lipinski definition) is 3. The van der Waals surface area contributed by atoms with E-state index < -0.39 is 10.0 Å². The van der Waals surface area contributed by atoms with Gasteiger partial charge in [-0.15, -0.1) is 0 Å². The summed E-state index contributed by atoms with van der Waals surface area (Å²) < 4.78 is 28.1. The molecule has 0 saturated heterocycles. The third-order valence-electron chi connectivity index (χ3n) is 5.16. The third kappa shape index (κ3) is 6.18. The maximum Gasteiger partial charge on any atom is 0.261 e. The molecule has 0 bridgehead atoms. The van der Waals surface area contributed by atoms with E-state index in [0.717, 1.165) is 24.0 Å². The van der Waals surface area contributed by atoms with Crippen LogP contribution in [0.1, 0.15) is 40.4 Å². The number of anilines is 1. The Morgan fingerprint density at radius 2 is 1.61 bits per heavy atom. The average molecular weight is 437 g/mol. The van der Waals surface area contributed by atoms with Crippen LogP contribution < -0.4 is 10.0 Å². The Hall–Kier alpha value is -3.12. The lowest BCUT2D eigenvalue weighted by Crippen LogP contribution is -2.33. The number of amides is 1. The summed E-state index contributed by atoms with van der Waals surface area (Å²) >= 11 is 0. The van der Waals surface area contributed by atoms with Crippen LogP contribution in [0.15, 0.2) is 77.7 Å². The van der Waals surface area contributed by atoms with Crippen LogP contribution in [0.25, 0.3) is 0 Å². The molecule has 0 heterocycles. The van der Waals surface area contributed by atoms with Crippen molar-refractivity contribution < 1.29 is 13.2 Å². The number of carbonyl (C=O) groups excluding carboxylic acids is 1. The van der Waals surface area contributed by atoms with Crippen molar-refractivity contribution in [1.29, 1.82) is 0 Å². The summed E-state index contributed by atoms with van der Waals surface area (Å²) in [5.74, 6) is -0.226. The van der Waals surface area contributed by atoms with E-state index in [2.05, 4.69) is 22.2 Å². The predicted octanol–water partition coefficient (Wildman–Crippen LogP) is 4.86. The van der Waals surface area contributed by atoms with Gasteiger partial charge in [0.25, 0.3) is 15.9 Å². The minimum atomic E-state index is -3.74. The molecule has 0 unspecified atom stereocenters. The molecule has 162 valence electrons. The predicted molar refractivity (Wildman–Crippen MR) is 125 cm³/mol. The Balaban J connectivity index is 1.68. The normalized spacial score (nSPS) is 12.2. The molecule has 1 amide bonds. The van der Waals surface area contributed by atoms with Crippen molar-refractivity contribution in [2.75, 3.05) is 4.72 Å². The van der Waals surface area contributed by atoms with Crippen molar-refractivity contribution in [2.45, 2.75) is 44.6 Å². The highest BCUT2D eigenvalue weighted by Crippen LogP contribution is 2.22. The number of hydrogen-bond donors (Lipinski definition) is 2. The second-order valence-corrected chi connectivity index (χ2v) is 9.53. The summed E-state index contributed by atoms with van der Waals surface area (Å²) in [7, 11) is -3.74. The van der Waals surface area contributed by atoms with Gasteiger partial charge in [-0.3, -0.25) is 9.52 Å². The summed E-state index contributed by atoms with van der Waals surface area (Å²) in [6, 6.07) is 21.8. The third-order valence-corrected chi connectivity index (χ3v) is 6.54. The molecule has 0 aromatic heterocycles. The molecule has 0 spiro atoms. The molecule has 0 aliphatic carbocycles. The molecule has 1 atom stereocenters. The van der Waals surface area contributed by atoms with Gasteiger partial charge in [0.15, 0.2) is 0 Å². The first-order valence-electron chi connectivity index (χ1n) is 10.3. The van der Waals surface area contributed by atoms with E-state index in [1.807, 2.05) is 32.0 Å². The van der Waals surface area contributed by atoms with Gasteiger partial charge >= 0.3 is 0 Å². The van der Waals surface area contributed by atoms with Crippen molar-refractivity contribution in [3.8, 4) is 0 Å². The molecule has 2 N–H and O–H groups in total. The molecule has 3 rings (SSSR count). The Kier molecular flexibility index (Phi) is 7.13. The van der Waals surface area contributed by atoms with Crippen LogP contribution in [-0.2, 0) is 16.4 Å². The highest BCUT2D eigenvalue weighted by Gasteiger charge is 2.17. The van der Waals surface area contributed by atoms with Crippen molar-refractivity contribution >= 4 is 21.6 Å². The van der Waals surface area contributed by atoms with Gasteiger partial charge in [-0.2, -0.15) is 0 Å². The van der Waals surface area contributed by atoms with Crippen molar-refractivity contribution in [3.63, 3.8) is 0 Å². The van der Waals surface area contributed by atoms with Gasteiger partial charge in [0, 0.05) is 11.6 Å². The molecule has 0 saturated carbocycles. The van der Waals surface area contributed by atoms with Crippen molar-refractivity contribution in [1.82, 2.24) is 5.32 Å². The Bertz CT molecular complexity index is 1140. The number of sulfonamides is 1. The Morgan fingerprint density at radius 1 is 0.935 bits per heavy atom. The lowest BCUT2D eigenvalue weighted by Gasteiger charge is -2.16. The van der Waals surface area contributed by atoms with Crippen LogP contribution in [0.4, 0.5) is 5.69 Å². The van der Waals surface area contributed by atoms with Gasteiger partial charge in [0.2, 0.25) is 0 Å². The quantitative estimate of drug-likeness (QED) is 0.530. The van der Waals surface area contributed by atoms with Gasteiger partial charge in [-0.05, 0) is 69.0 Å². The molecule has 0 radical (unpaired) electrons. The second-order valence-electron chi connectivity index (χ2n) is 7.85. The van der Waals surface area contributed by atoms with Crippen molar-refractivity contribution in [3.05, 3.63) is 95.1 Å². The molecule has 5 nitrogen and oxygen atoms in total. The first-order chi connectivity index (χ1) is 14.7. The second kappa shape index (κ2) is 9.79. The van der Waals surface area contributed by atoms with Crippen molar-refractivity contribution in [2.24, 2.45) is 0 Å². The first-order valence-corrected chi connectivity index (χ1v) is 11.8. The minimum absolute atomic E-state index is 0.0123. The largest absolute Gasteiger partial charge is 0.350 e. The lowest BCUT2D eigenvalue weighted by molar-refractivity contribution is 0.0938. The van der Waals surface area contributed by atoms with E-state index in [4.69, 9.17) is 0 Å². The summed E-state index contributed by atoms with van der Waals surface area (Å²) in [5.41, 5.74) is 3.76. The highest BCUT2D eigenvalue weighted by atomic mass is 32.2. The maximum absolute atomic E-state index is 12.7. The zero-order chi connectivity index (χ0) is 22.4. The smallest absolute Gasteiger partial charge is 0.261 e. The monoisotopic (exact) mass is 436 g/mol. The standard InChI is InChI=1S/C25H28N2O3S/c1-18-9-15-23(16-10-18)31(29,30)27-24-17-22(14-11-19(24)2)25(28)26-20(3)12-13-21-7-5-4-6-8-21/h4-11,14-17,20,27H,12-13H2,1-3H3,(H,26,28)/t20-/m0/s1. The van der Waals surface area contributed by atoms with Gasteiger partial charge in [-0.1, -0.05) is 54.1 Å². The molecule has 3 aromatic carbocycles. The molecular formula is C25H28N2O3S. The number of rotatable bonds is 8. The number of carbonyl (C=O) groups is 1. The Morgan fingerprint density at radius 3 is 2.29 bits per heavy atom. The SMILES string of the molecule is Cc1ccc(S(=O)(=O)Nc2cc(C(=O)N[C@@H](C)CCc3ccccc3)ccc2C)cc1. The van der Waals surface area contributed by atoms with Crippen LogP contribution in [0.5, 0.6) is 0 Å². The lowest BCUT2D eigenvalue weighted by atomic mass is 10.1. The van der Waals surface area contributed by atoms with E-state index >= 15 is 0 Å². The van der Waals surface area contributed by atoms with Gasteiger partial charge in [-0.25, -0.2) is 8.42 Å². The summed E-state index contributed by atoms with van der Waals surface area (Å²) in [4.78, 5) is 12.9. The van der Waals surface area contributed by atoms with Gasteiger partial charge in [0.1, 0.15) is 0 Å². The fourth-order valence-electron chi connectivity index (χ4n) is 3.20. The maximum atomic E-state index is 12.7. The minimum Gasteiger partial charge on any atom is -0.350 e. The zero-order valence-corrected chi connectivity index (χ0v) is 18.9. The molecule has 0 fully saturated rings. The zero-order valence-electron chi connectivity index (χ0n) is 18.1. The van der Waals surface area contributed by atoms with E-state index in [9.17, 15) is 13.2 Å². The molecule has 0 aliphatic rings. The summed E-state index contributed by atoms with van der Waals surface area (Å²) in [6.45, 7) is 5.67. The molecular weight excluding hydrogens is 408 g/mol. The van der Waals surface area contributed by atoms with E-state index in [1.54, 1.807) is 49.4 Å². The fraction of sp³-hybridized carbons (Fsp3) is 0.240. The van der Waals surface area contributed by atoms with Gasteiger partial charge in [0.05, 0.1) is 10.6 Å². The van der Waals surface area contributed by atoms with E-state index in [-0.39, 0.29) is 16.8 Å². The van der Waals surface area contributed by atoms with Crippen LogP contribution in [-0.4, -0.2) is 20.4 Å². The van der Waals surface area contributed by atoms with Crippen LogP contribution in [0.3, 0.4) is 0 Å². The molecule has 3 aromatic rings. The van der Waals surface area contributed by atoms with Crippen LogP contribution >= 0.6 is 0 Å².